The van der Waals surface area contributed by atoms with Crippen LogP contribution in [0, 0.1) is 3.57 Å². The van der Waals surface area contributed by atoms with Crippen LogP contribution in [0.1, 0.15) is 17.2 Å². The molecule has 2 aromatic carbocycles. The minimum absolute atomic E-state index is 0.227. The molecule has 0 aliphatic rings. The Bertz CT molecular complexity index is 556. The zero-order valence-corrected chi connectivity index (χ0v) is 14.9. The molecule has 2 rings (SSSR count). The van der Waals surface area contributed by atoms with Crippen molar-refractivity contribution in [2.24, 2.45) is 5.84 Å². The molecule has 2 aromatic rings. The number of nitrogens with two attached hydrogens (primary N) is 1. The van der Waals surface area contributed by atoms with E-state index in [1.54, 1.807) is 12.1 Å². The van der Waals surface area contributed by atoms with Crippen LogP contribution in [0.25, 0.3) is 0 Å². The molecule has 0 aliphatic carbocycles. The lowest BCUT2D eigenvalue weighted by atomic mass is 9.99. The summed E-state index contributed by atoms with van der Waals surface area (Å²) in [6.07, 6.45) is 0. The van der Waals surface area contributed by atoms with E-state index in [1.807, 2.05) is 24.3 Å². The fraction of sp³-hybridized carbons (Fsp3) is 0.0769. The largest absolute Gasteiger partial charge is 0.271 e. The molecule has 0 heterocycles. The highest BCUT2D eigenvalue weighted by Crippen LogP contribution is 2.34. The maximum absolute atomic E-state index is 6.24. The fourth-order valence-corrected chi connectivity index (χ4v) is 3.22. The van der Waals surface area contributed by atoms with Crippen molar-refractivity contribution in [3.05, 3.63) is 65.6 Å². The van der Waals surface area contributed by atoms with Crippen molar-refractivity contribution >= 4 is 61.7 Å². The van der Waals surface area contributed by atoms with Gasteiger partial charge in [0.25, 0.3) is 0 Å². The Morgan fingerprint density at radius 1 is 1.11 bits per heavy atom. The predicted molar refractivity (Wildman–Crippen MR) is 92.5 cm³/mol. The molecule has 0 radical (unpaired) electrons. The second kappa shape index (κ2) is 6.74. The number of hydrogen-bond acceptors (Lipinski definition) is 2. The zero-order chi connectivity index (χ0) is 14.0. The standard InChI is InChI=1S/C13H10BrCl2IN2/c14-11-3-2-8(17)6-9(11)13(19-18)10-5-7(15)1-4-12(10)16/h1-6,13,19H,18H2. The molecule has 100 valence electrons. The summed E-state index contributed by atoms with van der Waals surface area (Å²) < 4.78 is 2.08. The third-order valence-corrected chi connectivity index (χ3v) is 4.68. The SMILES string of the molecule is NNC(c1cc(Cl)ccc1Cl)c1cc(I)ccc1Br. The van der Waals surface area contributed by atoms with E-state index in [0.717, 1.165) is 19.2 Å². The Morgan fingerprint density at radius 2 is 1.84 bits per heavy atom. The van der Waals surface area contributed by atoms with Crippen LogP contribution in [0.5, 0.6) is 0 Å². The summed E-state index contributed by atoms with van der Waals surface area (Å²) >= 11 is 18.1. The summed E-state index contributed by atoms with van der Waals surface area (Å²) in [6, 6.07) is 11.2. The Hall–Kier alpha value is 0.150. The summed E-state index contributed by atoms with van der Waals surface area (Å²) in [4.78, 5) is 0. The maximum Gasteiger partial charge on any atom is 0.0736 e. The quantitative estimate of drug-likeness (QED) is 0.379. The molecule has 19 heavy (non-hydrogen) atoms. The second-order valence-corrected chi connectivity index (χ2v) is 6.87. The monoisotopic (exact) mass is 470 g/mol. The van der Waals surface area contributed by atoms with Crippen LogP contribution in [-0.2, 0) is 0 Å². The summed E-state index contributed by atoms with van der Waals surface area (Å²) in [6.45, 7) is 0. The van der Waals surface area contributed by atoms with Crippen molar-refractivity contribution in [2.45, 2.75) is 6.04 Å². The Kier molecular flexibility index (Phi) is 5.51. The first-order valence-corrected chi connectivity index (χ1v) is 8.01. The number of halogens is 4. The summed E-state index contributed by atoms with van der Waals surface area (Å²) in [5, 5.41) is 1.25. The van der Waals surface area contributed by atoms with Crippen molar-refractivity contribution < 1.29 is 0 Å². The highest BCUT2D eigenvalue weighted by Gasteiger charge is 2.18. The van der Waals surface area contributed by atoms with Crippen LogP contribution in [0.15, 0.2) is 40.9 Å². The normalized spacial score (nSPS) is 12.5. The average molecular weight is 472 g/mol. The Labute approximate surface area is 143 Å². The first-order valence-electron chi connectivity index (χ1n) is 5.39. The number of benzene rings is 2. The van der Waals surface area contributed by atoms with Gasteiger partial charge in [-0.25, -0.2) is 5.43 Å². The Morgan fingerprint density at radius 3 is 2.53 bits per heavy atom. The van der Waals surface area contributed by atoms with Gasteiger partial charge in [-0.15, -0.1) is 0 Å². The molecule has 0 fully saturated rings. The van der Waals surface area contributed by atoms with Gasteiger partial charge in [0.2, 0.25) is 0 Å². The number of hydrogen-bond donors (Lipinski definition) is 2. The molecule has 3 N–H and O–H groups in total. The molecular formula is C13H10BrCl2IN2. The van der Waals surface area contributed by atoms with Gasteiger partial charge in [0.15, 0.2) is 0 Å². The highest BCUT2D eigenvalue weighted by atomic mass is 127. The van der Waals surface area contributed by atoms with Crippen molar-refractivity contribution in [1.29, 1.82) is 0 Å². The highest BCUT2D eigenvalue weighted by molar-refractivity contribution is 14.1. The molecule has 1 unspecified atom stereocenters. The van der Waals surface area contributed by atoms with Crippen LogP contribution >= 0.6 is 61.7 Å². The minimum Gasteiger partial charge on any atom is -0.271 e. The van der Waals surface area contributed by atoms with Crippen molar-refractivity contribution in [3.8, 4) is 0 Å². The summed E-state index contributed by atoms with van der Waals surface area (Å²) in [5.41, 5.74) is 4.65. The van der Waals surface area contributed by atoms with Gasteiger partial charge in [-0.1, -0.05) is 39.1 Å². The number of rotatable bonds is 3. The zero-order valence-electron chi connectivity index (χ0n) is 9.63. The van der Waals surface area contributed by atoms with Crippen LogP contribution < -0.4 is 11.3 Å². The topological polar surface area (TPSA) is 38.0 Å². The molecule has 2 nitrogen and oxygen atoms in total. The second-order valence-electron chi connectivity index (χ2n) is 3.93. The third-order valence-electron chi connectivity index (χ3n) is 2.70. The summed E-state index contributed by atoms with van der Waals surface area (Å²) in [7, 11) is 0. The van der Waals surface area contributed by atoms with E-state index in [1.165, 1.54) is 0 Å². The minimum atomic E-state index is -0.227. The van der Waals surface area contributed by atoms with E-state index in [9.17, 15) is 0 Å². The molecule has 0 saturated carbocycles. The smallest absolute Gasteiger partial charge is 0.0736 e. The predicted octanol–water partition coefficient (Wildman–Crippen LogP) is 4.91. The number of nitrogens with one attached hydrogen (secondary N) is 1. The lowest BCUT2D eigenvalue weighted by Gasteiger charge is -2.20. The molecule has 1 atom stereocenters. The van der Waals surface area contributed by atoms with Crippen LogP contribution in [-0.4, -0.2) is 0 Å². The van der Waals surface area contributed by atoms with Crippen molar-refractivity contribution in [3.63, 3.8) is 0 Å². The molecule has 0 saturated heterocycles. The van der Waals surface area contributed by atoms with Gasteiger partial charge in [-0.05, 0) is 70.1 Å². The molecular weight excluding hydrogens is 462 g/mol. The van der Waals surface area contributed by atoms with Gasteiger partial charge in [0, 0.05) is 18.1 Å². The fourth-order valence-electron chi connectivity index (χ4n) is 1.82. The molecule has 0 spiro atoms. The number of hydrazine groups is 1. The molecule has 0 aromatic heterocycles. The van der Waals surface area contributed by atoms with Crippen LogP contribution in [0.3, 0.4) is 0 Å². The summed E-state index contributed by atoms with van der Waals surface area (Å²) in [5.74, 6) is 5.70. The molecule has 6 heteroatoms. The Balaban J connectivity index is 2.55. The van der Waals surface area contributed by atoms with Gasteiger partial charge in [0.05, 0.1) is 6.04 Å². The van der Waals surface area contributed by atoms with E-state index >= 15 is 0 Å². The van der Waals surface area contributed by atoms with Crippen molar-refractivity contribution in [1.82, 2.24) is 5.43 Å². The van der Waals surface area contributed by atoms with E-state index in [2.05, 4.69) is 43.9 Å². The lowest BCUT2D eigenvalue weighted by Crippen LogP contribution is -2.29. The van der Waals surface area contributed by atoms with Gasteiger partial charge in [0.1, 0.15) is 0 Å². The van der Waals surface area contributed by atoms with Crippen LogP contribution in [0.2, 0.25) is 10.0 Å². The third kappa shape index (κ3) is 3.62. The van der Waals surface area contributed by atoms with Gasteiger partial charge < -0.3 is 0 Å². The van der Waals surface area contributed by atoms with E-state index in [0.29, 0.717) is 10.0 Å². The molecule has 0 bridgehead atoms. The van der Waals surface area contributed by atoms with Crippen LogP contribution in [0.4, 0.5) is 0 Å². The first-order chi connectivity index (χ1) is 9.02. The van der Waals surface area contributed by atoms with E-state index < -0.39 is 0 Å². The maximum atomic E-state index is 6.24. The molecule has 0 amide bonds. The van der Waals surface area contributed by atoms with Crippen molar-refractivity contribution in [2.75, 3.05) is 0 Å². The van der Waals surface area contributed by atoms with Gasteiger partial charge in [-0.2, -0.15) is 0 Å². The van der Waals surface area contributed by atoms with E-state index in [-0.39, 0.29) is 6.04 Å². The average Bonchev–Trinajstić information content (AvgIpc) is 2.38. The first kappa shape index (κ1) is 15.5. The van der Waals surface area contributed by atoms with E-state index in [4.69, 9.17) is 29.0 Å². The lowest BCUT2D eigenvalue weighted by molar-refractivity contribution is 0.634. The van der Waals surface area contributed by atoms with Gasteiger partial charge >= 0.3 is 0 Å². The molecule has 0 aliphatic heterocycles. The van der Waals surface area contributed by atoms with Gasteiger partial charge in [-0.3, -0.25) is 5.84 Å².